The van der Waals surface area contributed by atoms with Crippen molar-refractivity contribution in [1.82, 2.24) is 29.7 Å². The van der Waals surface area contributed by atoms with Crippen LogP contribution in [0.5, 0.6) is 5.75 Å². The van der Waals surface area contributed by atoms with Gasteiger partial charge in [0.25, 0.3) is 0 Å². The number of aryl methyl sites for hydroxylation is 2. The molecular weight excluding hydrogens is 412 g/mol. The molecule has 1 aromatic carbocycles. The topological polar surface area (TPSA) is 71.3 Å². The molecule has 4 aromatic rings. The second-order valence-corrected chi connectivity index (χ2v) is 8.66. The normalized spacial score (nSPS) is 16.9. The average Bonchev–Trinajstić information content (AvgIpc) is 3.48. The zero-order valence-electron chi connectivity index (χ0n) is 17.7. The van der Waals surface area contributed by atoms with Crippen molar-refractivity contribution in [2.24, 2.45) is 0 Å². The molecule has 0 radical (unpaired) electrons. The second kappa shape index (κ2) is 8.32. The molecule has 0 saturated carbocycles. The number of nitrogens with zero attached hydrogens (tertiary/aromatic N) is 5. The third-order valence-electron chi connectivity index (χ3n) is 5.79. The van der Waals surface area contributed by atoms with Gasteiger partial charge in [-0.25, -0.2) is 9.50 Å². The highest BCUT2D eigenvalue weighted by atomic mass is 35.5. The fourth-order valence-corrected chi connectivity index (χ4v) is 4.37. The van der Waals surface area contributed by atoms with Gasteiger partial charge in [0.05, 0.1) is 17.6 Å². The number of ether oxygens (including phenoxy) is 1. The number of benzene rings is 1. The standard InChI is InChI=1S/C23H25ClN6O/c1-15-9-16(2)30-23(26-15)18(11-25-30)13-29-8-7-17(12-29)22-10-20(27-28-22)14-31-21-5-3-19(24)4-6-21/h3-6,9-11,17H,7-8,12-14H2,1-2H3,(H,27,28). The molecule has 3 aromatic heterocycles. The van der Waals surface area contributed by atoms with Gasteiger partial charge in [0, 0.05) is 41.0 Å². The summed E-state index contributed by atoms with van der Waals surface area (Å²) < 4.78 is 7.75. The van der Waals surface area contributed by atoms with E-state index in [0.717, 1.165) is 60.2 Å². The summed E-state index contributed by atoms with van der Waals surface area (Å²) in [4.78, 5) is 7.16. The summed E-state index contributed by atoms with van der Waals surface area (Å²) in [6, 6.07) is 11.6. The number of halogens is 1. The molecule has 160 valence electrons. The molecular formula is C23H25ClN6O. The Hall–Kier alpha value is -2.90. The van der Waals surface area contributed by atoms with Crippen LogP contribution in [0, 0.1) is 13.8 Å². The predicted octanol–water partition coefficient (Wildman–Crippen LogP) is 4.29. The van der Waals surface area contributed by atoms with Crippen molar-refractivity contribution < 1.29 is 4.74 Å². The van der Waals surface area contributed by atoms with Gasteiger partial charge in [-0.15, -0.1) is 0 Å². The van der Waals surface area contributed by atoms with Crippen LogP contribution in [0.4, 0.5) is 0 Å². The van der Waals surface area contributed by atoms with Gasteiger partial charge in [0.2, 0.25) is 0 Å². The highest BCUT2D eigenvalue weighted by molar-refractivity contribution is 6.30. The minimum absolute atomic E-state index is 0.416. The fraction of sp³-hybridized carbons (Fsp3) is 0.348. The molecule has 31 heavy (non-hydrogen) atoms. The molecule has 1 unspecified atom stereocenters. The number of nitrogens with one attached hydrogen (secondary N) is 1. The molecule has 1 fully saturated rings. The Balaban J connectivity index is 1.21. The van der Waals surface area contributed by atoms with Crippen LogP contribution < -0.4 is 4.74 Å². The van der Waals surface area contributed by atoms with Gasteiger partial charge < -0.3 is 4.74 Å². The highest BCUT2D eigenvalue weighted by Crippen LogP contribution is 2.28. The molecule has 1 aliphatic heterocycles. The Morgan fingerprint density at radius 1 is 1.19 bits per heavy atom. The van der Waals surface area contributed by atoms with Crippen LogP contribution >= 0.6 is 11.6 Å². The van der Waals surface area contributed by atoms with Crippen molar-refractivity contribution in [3.8, 4) is 5.75 Å². The van der Waals surface area contributed by atoms with E-state index in [0.29, 0.717) is 17.5 Å². The Morgan fingerprint density at radius 3 is 2.87 bits per heavy atom. The number of likely N-dealkylation sites (tertiary alicyclic amines) is 1. The van der Waals surface area contributed by atoms with Gasteiger partial charge in [0.15, 0.2) is 5.65 Å². The van der Waals surface area contributed by atoms with Gasteiger partial charge in [-0.3, -0.25) is 10.00 Å². The van der Waals surface area contributed by atoms with Crippen LogP contribution in [-0.4, -0.2) is 42.8 Å². The molecule has 0 spiro atoms. The zero-order chi connectivity index (χ0) is 21.4. The van der Waals surface area contributed by atoms with Gasteiger partial charge >= 0.3 is 0 Å². The number of hydrogen-bond donors (Lipinski definition) is 1. The van der Waals surface area contributed by atoms with E-state index < -0.39 is 0 Å². The maximum absolute atomic E-state index is 5.92. The summed E-state index contributed by atoms with van der Waals surface area (Å²) >= 11 is 5.92. The molecule has 0 bridgehead atoms. The predicted molar refractivity (Wildman–Crippen MR) is 119 cm³/mol. The Morgan fingerprint density at radius 2 is 2.03 bits per heavy atom. The van der Waals surface area contributed by atoms with Crippen LogP contribution in [0.15, 0.2) is 42.6 Å². The number of fused-ring (bicyclic) bond motifs is 1. The Kier molecular flexibility index (Phi) is 5.38. The largest absolute Gasteiger partial charge is 0.487 e. The second-order valence-electron chi connectivity index (χ2n) is 8.23. The zero-order valence-corrected chi connectivity index (χ0v) is 18.4. The summed E-state index contributed by atoms with van der Waals surface area (Å²) in [7, 11) is 0. The number of hydrogen-bond acceptors (Lipinski definition) is 5. The van der Waals surface area contributed by atoms with E-state index in [1.807, 2.05) is 41.9 Å². The first kappa shape index (κ1) is 20.0. The molecule has 8 heteroatoms. The van der Waals surface area contributed by atoms with E-state index in [1.54, 1.807) is 0 Å². The number of H-pyrrole nitrogens is 1. The Labute approximate surface area is 186 Å². The lowest BCUT2D eigenvalue weighted by Crippen LogP contribution is -2.20. The molecule has 7 nitrogen and oxygen atoms in total. The molecule has 4 heterocycles. The van der Waals surface area contributed by atoms with E-state index >= 15 is 0 Å². The molecule has 0 aliphatic carbocycles. The SMILES string of the molecule is Cc1cc(C)n2ncc(CN3CCC(c4cc(COc5ccc(Cl)cc5)[nH]n4)C3)c2n1. The van der Waals surface area contributed by atoms with E-state index in [-0.39, 0.29) is 0 Å². The minimum atomic E-state index is 0.416. The lowest BCUT2D eigenvalue weighted by Gasteiger charge is -2.14. The van der Waals surface area contributed by atoms with Crippen LogP contribution in [0.1, 0.15) is 40.7 Å². The maximum Gasteiger partial charge on any atom is 0.159 e. The molecule has 1 N–H and O–H groups in total. The minimum Gasteiger partial charge on any atom is -0.487 e. The van der Waals surface area contributed by atoms with Crippen molar-refractivity contribution in [2.75, 3.05) is 13.1 Å². The number of aromatic amines is 1. The first-order chi connectivity index (χ1) is 15.0. The average molecular weight is 437 g/mol. The van der Waals surface area contributed by atoms with Crippen LogP contribution in [0.3, 0.4) is 0 Å². The van der Waals surface area contributed by atoms with Crippen LogP contribution in [0.25, 0.3) is 5.65 Å². The van der Waals surface area contributed by atoms with E-state index in [1.165, 1.54) is 5.56 Å². The summed E-state index contributed by atoms with van der Waals surface area (Å²) in [5.41, 5.74) is 6.34. The first-order valence-corrected chi connectivity index (χ1v) is 10.9. The van der Waals surface area contributed by atoms with Crippen molar-refractivity contribution in [1.29, 1.82) is 0 Å². The smallest absolute Gasteiger partial charge is 0.159 e. The lowest BCUT2D eigenvalue weighted by atomic mass is 10.1. The summed E-state index contributed by atoms with van der Waals surface area (Å²) in [6.07, 6.45) is 3.04. The van der Waals surface area contributed by atoms with Crippen molar-refractivity contribution in [3.05, 3.63) is 76.0 Å². The number of aromatic nitrogens is 5. The fourth-order valence-electron chi connectivity index (χ4n) is 4.24. The van der Waals surface area contributed by atoms with E-state index in [9.17, 15) is 0 Å². The maximum atomic E-state index is 5.92. The van der Waals surface area contributed by atoms with Crippen LogP contribution in [0.2, 0.25) is 5.02 Å². The quantitative estimate of drug-likeness (QED) is 0.488. The van der Waals surface area contributed by atoms with Gasteiger partial charge in [-0.05, 0) is 63.2 Å². The molecule has 0 amide bonds. The third kappa shape index (κ3) is 4.29. The Bertz CT molecular complexity index is 1200. The van der Waals surface area contributed by atoms with Gasteiger partial charge in [-0.2, -0.15) is 10.2 Å². The van der Waals surface area contributed by atoms with Crippen molar-refractivity contribution >= 4 is 17.2 Å². The van der Waals surface area contributed by atoms with Gasteiger partial charge in [-0.1, -0.05) is 11.6 Å². The van der Waals surface area contributed by atoms with Gasteiger partial charge in [0.1, 0.15) is 12.4 Å². The number of rotatable bonds is 6. The van der Waals surface area contributed by atoms with E-state index in [4.69, 9.17) is 21.3 Å². The first-order valence-electron chi connectivity index (χ1n) is 10.5. The van der Waals surface area contributed by atoms with Crippen LogP contribution in [-0.2, 0) is 13.2 Å². The molecule has 1 saturated heterocycles. The summed E-state index contributed by atoms with van der Waals surface area (Å²) in [5.74, 6) is 1.21. The van der Waals surface area contributed by atoms with Crippen molar-refractivity contribution in [3.63, 3.8) is 0 Å². The van der Waals surface area contributed by atoms with E-state index in [2.05, 4.69) is 39.3 Å². The molecule has 1 aliphatic rings. The monoisotopic (exact) mass is 436 g/mol. The lowest BCUT2D eigenvalue weighted by molar-refractivity contribution is 0.301. The summed E-state index contributed by atoms with van der Waals surface area (Å²) in [5, 5.41) is 12.9. The summed E-state index contributed by atoms with van der Waals surface area (Å²) in [6.45, 7) is 7.42. The highest BCUT2D eigenvalue weighted by Gasteiger charge is 2.26. The third-order valence-corrected chi connectivity index (χ3v) is 6.05. The van der Waals surface area contributed by atoms with Crippen molar-refractivity contribution in [2.45, 2.75) is 39.3 Å². The molecule has 5 rings (SSSR count). The molecule has 1 atom stereocenters.